The van der Waals surface area contributed by atoms with Crippen molar-refractivity contribution in [3.63, 3.8) is 0 Å². The lowest BCUT2D eigenvalue weighted by Crippen LogP contribution is -2.21. The van der Waals surface area contributed by atoms with Crippen LogP contribution in [0.4, 0.5) is 0 Å². The molecular weight excluding hydrogens is 156 g/mol. The Morgan fingerprint density at radius 1 is 1.55 bits per heavy atom. The average Bonchev–Trinajstić information content (AvgIpc) is 2.13. The Morgan fingerprint density at radius 3 is 2.27 bits per heavy atom. The molecule has 0 atom stereocenters. The van der Waals surface area contributed by atoms with E-state index in [0.29, 0.717) is 0 Å². The fourth-order valence-electron chi connectivity index (χ4n) is 1.07. The van der Waals surface area contributed by atoms with E-state index in [0.717, 1.165) is 10.9 Å². The summed E-state index contributed by atoms with van der Waals surface area (Å²) in [7, 11) is 3.82. The van der Waals surface area contributed by atoms with E-state index in [4.69, 9.17) is 0 Å². The summed E-state index contributed by atoms with van der Waals surface area (Å²) in [6, 6.07) is 0. The number of hydrogen-bond acceptors (Lipinski definition) is 2. The highest BCUT2D eigenvalue weighted by Crippen LogP contribution is 2.41. The predicted octanol–water partition coefficient (Wildman–Crippen LogP) is 1.94. The van der Waals surface area contributed by atoms with Crippen LogP contribution in [0.25, 0.3) is 0 Å². The van der Waals surface area contributed by atoms with E-state index in [9.17, 15) is 0 Å². The third-order valence-corrected chi connectivity index (χ3v) is 3.31. The molecule has 3 heteroatoms. The van der Waals surface area contributed by atoms with Gasteiger partial charge in [0.15, 0.2) is 5.17 Å². The van der Waals surface area contributed by atoms with E-state index in [1.807, 2.05) is 19.0 Å². The molecule has 0 bridgehead atoms. The second-order valence-corrected chi connectivity index (χ2v) is 4.71. The maximum Gasteiger partial charge on any atom is 0.163 e. The van der Waals surface area contributed by atoms with Gasteiger partial charge in [-0.1, -0.05) is 18.3 Å². The van der Waals surface area contributed by atoms with Crippen molar-refractivity contribution >= 4 is 16.9 Å². The number of amidine groups is 1. The second-order valence-electron chi connectivity index (χ2n) is 3.12. The summed E-state index contributed by atoms with van der Waals surface area (Å²) in [6.45, 7) is 8.33. The molecule has 0 amide bonds. The van der Waals surface area contributed by atoms with Gasteiger partial charge in [0, 0.05) is 19.8 Å². The van der Waals surface area contributed by atoms with E-state index >= 15 is 0 Å². The standard InChI is InChI=1S/C8H14N2S/c1-6-8(2,3)11-7(9-4)10(6)5/h1H2,2-5H3. The lowest BCUT2D eigenvalue weighted by atomic mass is 10.1. The molecule has 0 aliphatic carbocycles. The molecule has 62 valence electrons. The zero-order valence-corrected chi connectivity index (χ0v) is 8.33. The fraction of sp³-hybridized carbons (Fsp3) is 0.625. The SMILES string of the molecule is C=C1N(C)C(=NC)SC1(C)C. The monoisotopic (exact) mass is 170 g/mol. The summed E-state index contributed by atoms with van der Waals surface area (Å²) in [5.41, 5.74) is 1.13. The van der Waals surface area contributed by atoms with E-state index in [1.54, 1.807) is 11.8 Å². The predicted molar refractivity (Wildman–Crippen MR) is 51.9 cm³/mol. The Hall–Kier alpha value is -0.440. The van der Waals surface area contributed by atoms with Gasteiger partial charge in [-0.25, -0.2) is 0 Å². The average molecular weight is 170 g/mol. The Balaban J connectivity index is 2.95. The number of nitrogens with zero attached hydrogens (tertiary/aromatic N) is 2. The number of thioether (sulfide) groups is 1. The molecule has 1 aliphatic rings. The minimum Gasteiger partial charge on any atom is -0.327 e. The molecule has 0 aromatic rings. The van der Waals surface area contributed by atoms with Crippen molar-refractivity contribution in [2.45, 2.75) is 18.6 Å². The first-order valence-electron chi connectivity index (χ1n) is 3.58. The molecule has 0 aromatic heterocycles. The molecule has 11 heavy (non-hydrogen) atoms. The second kappa shape index (κ2) is 2.55. The Morgan fingerprint density at radius 2 is 2.09 bits per heavy atom. The van der Waals surface area contributed by atoms with Crippen molar-refractivity contribution in [3.8, 4) is 0 Å². The summed E-state index contributed by atoms with van der Waals surface area (Å²) < 4.78 is 0.115. The highest BCUT2D eigenvalue weighted by Gasteiger charge is 2.36. The molecule has 1 saturated heterocycles. The molecule has 2 nitrogen and oxygen atoms in total. The lowest BCUT2D eigenvalue weighted by molar-refractivity contribution is 0.584. The van der Waals surface area contributed by atoms with E-state index in [-0.39, 0.29) is 4.75 Å². The smallest absolute Gasteiger partial charge is 0.163 e. The third kappa shape index (κ3) is 1.29. The summed E-state index contributed by atoms with van der Waals surface area (Å²) in [4.78, 5) is 6.21. The van der Waals surface area contributed by atoms with Gasteiger partial charge in [0.05, 0.1) is 4.75 Å². The number of rotatable bonds is 0. The zero-order valence-electron chi connectivity index (χ0n) is 7.51. The maximum absolute atomic E-state index is 4.16. The van der Waals surface area contributed by atoms with Gasteiger partial charge < -0.3 is 4.90 Å². The van der Waals surface area contributed by atoms with E-state index < -0.39 is 0 Å². The van der Waals surface area contributed by atoms with Gasteiger partial charge in [-0.05, 0) is 13.8 Å². The van der Waals surface area contributed by atoms with Crippen molar-refractivity contribution in [2.75, 3.05) is 14.1 Å². The van der Waals surface area contributed by atoms with Crippen molar-refractivity contribution < 1.29 is 0 Å². The van der Waals surface area contributed by atoms with Crippen LogP contribution in [0.3, 0.4) is 0 Å². The van der Waals surface area contributed by atoms with Crippen molar-refractivity contribution in [1.82, 2.24) is 4.90 Å². The van der Waals surface area contributed by atoms with Gasteiger partial charge in [-0.3, -0.25) is 4.99 Å². The van der Waals surface area contributed by atoms with Gasteiger partial charge >= 0.3 is 0 Å². The van der Waals surface area contributed by atoms with Crippen LogP contribution in [-0.4, -0.2) is 28.9 Å². The first-order chi connectivity index (χ1) is 4.99. The Kier molecular flexibility index (Phi) is 2.01. The van der Waals surface area contributed by atoms with Crippen LogP contribution in [0.2, 0.25) is 0 Å². The normalized spacial score (nSPS) is 26.7. The van der Waals surface area contributed by atoms with Gasteiger partial charge in [-0.2, -0.15) is 0 Å². The summed E-state index contributed by atoms with van der Waals surface area (Å²) in [5, 5.41) is 1.06. The van der Waals surface area contributed by atoms with Gasteiger partial charge in [-0.15, -0.1) is 0 Å². The molecule has 1 fully saturated rings. The van der Waals surface area contributed by atoms with Crippen LogP contribution < -0.4 is 0 Å². The third-order valence-electron chi connectivity index (χ3n) is 1.92. The van der Waals surface area contributed by atoms with Crippen LogP contribution in [0.5, 0.6) is 0 Å². The molecule has 0 N–H and O–H groups in total. The molecule has 0 saturated carbocycles. The molecule has 1 aliphatic heterocycles. The van der Waals surface area contributed by atoms with Crippen LogP contribution >= 0.6 is 11.8 Å². The summed E-state index contributed by atoms with van der Waals surface area (Å²) >= 11 is 1.76. The Labute approximate surface area is 72.4 Å². The zero-order chi connectivity index (χ0) is 8.65. The van der Waals surface area contributed by atoms with Crippen LogP contribution in [0, 0.1) is 0 Å². The van der Waals surface area contributed by atoms with Crippen LogP contribution in [-0.2, 0) is 0 Å². The molecular formula is C8H14N2S. The minimum atomic E-state index is 0.115. The van der Waals surface area contributed by atoms with Crippen LogP contribution in [0.1, 0.15) is 13.8 Å². The van der Waals surface area contributed by atoms with E-state index in [2.05, 4.69) is 25.4 Å². The minimum absolute atomic E-state index is 0.115. The van der Waals surface area contributed by atoms with Crippen LogP contribution in [0.15, 0.2) is 17.3 Å². The van der Waals surface area contributed by atoms with Gasteiger partial charge in [0.1, 0.15) is 0 Å². The highest BCUT2D eigenvalue weighted by molar-refractivity contribution is 8.15. The number of aliphatic imine (C=N–C) groups is 1. The lowest BCUT2D eigenvalue weighted by Gasteiger charge is -2.18. The molecule has 0 unspecified atom stereocenters. The summed E-state index contributed by atoms with van der Waals surface area (Å²) in [6.07, 6.45) is 0. The van der Waals surface area contributed by atoms with Gasteiger partial charge in [0.25, 0.3) is 0 Å². The highest BCUT2D eigenvalue weighted by atomic mass is 32.2. The molecule has 0 radical (unpaired) electrons. The fourth-order valence-corrected chi connectivity index (χ4v) is 2.12. The first kappa shape index (κ1) is 8.65. The van der Waals surface area contributed by atoms with Crippen molar-refractivity contribution in [1.29, 1.82) is 0 Å². The quantitative estimate of drug-likeness (QED) is 0.552. The molecule has 0 aromatic carbocycles. The molecule has 0 spiro atoms. The summed E-state index contributed by atoms with van der Waals surface area (Å²) in [5.74, 6) is 0. The maximum atomic E-state index is 4.16. The first-order valence-corrected chi connectivity index (χ1v) is 4.39. The number of hydrogen-bond donors (Lipinski definition) is 0. The molecule has 1 heterocycles. The topological polar surface area (TPSA) is 15.6 Å². The van der Waals surface area contributed by atoms with Crippen molar-refractivity contribution in [3.05, 3.63) is 12.3 Å². The van der Waals surface area contributed by atoms with E-state index in [1.165, 1.54) is 0 Å². The van der Waals surface area contributed by atoms with Gasteiger partial charge in [0.2, 0.25) is 0 Å². The Bertz CT molecular complexity index is 218. The van der Waals surface area contributed by atoms with Crippen molar-refractivity contribution in [2.24, 2.45) is 4.99 Å². The molecule has 1 rings (SSSR count). The largest absolute Gasteiger partial charge is 0.327 e.